The van der Waals surface area contributed by atoms with Crippen molar-refractivity contribution >= 4 is 0 Å². The molecule has 0 saturated heterocycles. The molecule has 0 aliphatic heterocycles. The van der Waals surface area contributed by atoms with Crippen molar-refractivity contribution in [2.75, 3.05) is 0 Å². The van der Waals surface area contributed by atoms with Gasteiger partial charge in [-0.2, -0.15) is 0 Å². The van der Waals surface area contributed by atoms with Crippen LogP contribution in [0.5, 0.6) is 0 Å². The Morgan fingerprint density at radius 1 is 0.867 bits per heavy atom. The molecule has 3 nitrogen and oxygen atoms in total. The second-order valence-corrected chi connectivity index (χ2v) is 12.2. The van der Waals surface area contributed by atoms with Crippen molar-refractivity contribution in [2.24, 2.45) is 34.5 Å². The first kappa shape index (κ1) is 19.6. The van der Waals surface area contributed by atoms with Crippen LogP contribution >= 0.6 is 0 Å². The lowest BCUT2D eigenvalue weighted by molar-refractivity contribution is -0.0954. The maximum atomic E-state index is 4.75. The Labute approximate surface area is 183 Å². The van der Waals surface area contributed by atoms with E-state index >= 15 is 0 Å². The molecule has 0 radical (unpaired) electrons. The van der Waals surface area contributed by atoms with Gasteiger partial charge in [0.15, 0.2) is 0 Å². The summed E-state index contributed by atoms with van der Waals surface area (Å²) in [6.45, 7) is 5.28. The zero-order valence-corrected chi connectivity index (χ0v) is 19.2. The number of rotatable bonds is 2. The fourth-order valence-corrected chi connectivity index (χ4v) is 9.27. The molecule has 5 aliphatic rings. The molecule has 4 saturated carbocycles. The van der Waals surface area contributed by atoms with E-state index in [1.807, 2.05) is 0 Å². The maximum absolute atomic E-state index is 4.75. The molecule has 0 aromatic carbocycles. The average molecular weight is 408 g/mol. The number of fused-ring (bicyclic) bond motifs is 5. The van der Waals surface area contributed by atoms with E-state index < -0.39 is 0 Å². The van der Waals surface area contributed by atoms with E-state index in [9.17, 15) is 0 Å². The van der Waals surface area contributed by atoms with Crippen molar-refractivity contribution in [3.8, 4) is 0 Å². The van der Waals surface area contributed by atoms with Crippen LogP contribution in [0.2, 0.25) is 0 Å². The standard InChI is InChI=1S/C27H41N3/c1-26-16-7-6-10-20(26)11-12-21-22-13-14-25(27(22,2)17-15-23(21)26)30-18-24(28-29-30)19-8-4-3-5-9-19/h6-7,18-23,25H,3-5,8-17H2,1-2H3/t20-,21+,22+,23+,25-,26+,27+/m1/s1. The van der Waals surface area contributed by atoms with Crippen molar-refractivity contribution in [1.82, 2.24) is 15.0 Å². The second-order valence-electron chi connectivity index (χ2n) is 12.2. The van der Waals surface area contributed by atoms with Crippen LogP contribution in [0, 0.1) is 34.5 Å². The smallest absolute Gasteiger partial charge is 0.0858 e. The monoisotopic (exact) mass is 407 g/mol. The first-order valence-corrected chi connectivity index (χ1v) is 13.2. The van der Waals surface area contributed by atoms with Gasteiger partial charge in [0, 0.05) is 12.1 Å². The quantitative estimate of drug-likeness (QED) is 0.491. The lowest BCUT2D eigenvalue weighted by Crippen LogP contribution is -2.52. The van der Waals surface area contributed by atoms with Crippen LogP contribution in [0.15, 0.2) is 18.3 Å². The molecule has 7 atom stereocenters. The first-order valence-electron chi connectivity index (χ1n) is 13.2. The van der Waals surface area contributed by atoms with E-state index in [-0.39, 0.29) is 0 Å². The highest BCUT2D eigenvalue weighted by atomic mass is 15.4. The molecule has 164 valence electrons. The molecule has 0 bridgehead atoms. The predicted molar refractivity (Wildman–Crippen MR) is 121 cm³/mol. The summed E-state index contributed by atoms with van der Waals surface area (Å²) in [4.78, 5) is 0. The minimum absolute atomic E-state index is 0.423. The number of hydrogen-bond acceptors (Lipinski definition) is 2. The molecule has 30 heavy (non-hydrogen) atoms. The second kappa shape index (κ2) is 7.20. The van der Waals surface area contributed by atoms with Gasteiger partial charge in [-0.25, -0.2) is 4.68 Å². The zero-order chi connectivity index (χ0) is 20.3. The molecule has 1 aromatic heterocycles. The molecular formula is C27H41N3. The Balaban J connectivity index is 1.24. The lowest BCUT2D eigenvalue weighted by Gasteiger charge is -2.59. The Morgan fingerprint density at radius 3 is 2.57 bits per heavy atom. The van der Waals surface area contributed by atoms with E-state index in [2.05, 4.69) is 36.9 Å². The summed E-state index contributed by atoms with van der Waals surface area (Å²) in [5.41, 5.74) is 2.28. The van der Waals surface area contributed by atoms with Crippen molar-refractivity contribution in [2.45, 2.75) is 109 Å². The van der Waals surface area contributed by atoms with Gasteiger partial charge in [-0.1, -0.05) is 50.5 Å². The van der Waals surface area contributed by atoms with Gasteiger partial charge >= 0.3 is 0 Å². The summed E-state index contributed by atoms with van der Waals surface area (Å²) in [6.07, 6.45) is 25.3. The van der Waals surface area contributed by atoms with Gasteiger partial charge < -0.3 is 0 Å². The van der Waals surface area contributed by atoms with Gasteiger partial charge in [0.05, 0.1) is 11.7 Å². The molecular weight excluding hydrogens is 366 g/mol. The van der Waals surface area contributed by atoms with Crippen molar-refractivity contribution in [3.63, 3.8) is 0 Å². The topological polar surface area (TPSA) is 30.7 Å². The summed E-state index contributed by atoms with van der Waals surface area (Å²) in [5.74, 6) is 4.41. The van der Waals surface area contributed by atoms with Crippen molar-refractivity contribution < 1.29 is 0 Å². The molecule has 3 heteroatoms. The van der Waals surface area contributed by atoms with Crippen molar-refractivity contribution in [1.29, 1.82) is 0 Å². The Hall–Kier alpha value is -1.12. The van der Waals surface area contributed by atoms with Crippen LogP contribution in [-0.4, -0.2) is 15.0 Å². The first-order chi connectivity index (χ1) is 14.6. The highest BCUT2D eigenvalue weighted by molar-refractivity contribution is 5.13. The fraction of sp³-hybridized carbons (Fsp3) is 0.852. The highest BCUT2D eigenvalue weighted by Gasteiger charge is 2.60. The lowest BCUT2D eigenvalue weighted by atomic mass is 9.46. The molecule has 0 N–H and O–H groups in total. The summed E-state index contributed by atoms with van der Waals surface area (Å²) < 4.78 is 2.33. The average Bonchev–Trinajstić information content (AvgIpc) is 3.38. The van der Waals surface area contributed by atoms with Crippen LogP contribution in [-0.2, 0) is 0 Å². The SMILES string of the molecule is C[C@]12CC=CC[C@@H]1CC[C@@H]1[C@@H]2CC[C@@]2(C)[C@H]1CC[C@H]2n1cc(C2CCCCC2)nn1. The van der Waals surface area contributed by atoms with Crippen LogP contribution in [0.4, 0.5) is 0 Å². The summed E-state index contributed by atoms with van der Waals surface area (Å²) in [5, 5.41) is 9.46. The minimum Gasteiger partial charge on any atom is -0.249 e. The Kier molecular flexibility index (Phi) is 4.70. The third-order valence-corrected chi connectivity index (χ3v) is 11.0. The van der Waals surface area contributed by atoms with E-state index in [0.717, 1.165) is 23.7 Å². The summed E-state index contributed by atoms with van der Waals surface area (Å²) >= 11 is 0. The van der Waals surface area contributed by atoms with E-state index in [0.29, 0.717) is 22.8 Å². The molecule has 5 aliphatic carbocycles. The minimum atomic E-state index is 0.423. The van der Waals surface area contributed by atoms with Crippen LogP contribution in [0.3, 0.4) is 0 Å². The molecule has 0 spiro atoms. The zero-order valence-electron chi connectivity index (χ0n) is 19.2. The number of allylic oxidation sites excluding steroid dienone is 2. The van der Waals surface area contributed by atoms with Crippen LogP contribution in [0.25, 0.3) is 0 Å². The van der Waals surface area contributed by atoms with E-state index in [4.69, 9.17) is 10.3 Å². The number of hydrogen-bond donors (Lipinski definition) is 0. The number of aromatic nitrogens is 3. The predicted octanol–water partition coefficient (Wildman–Crippen LogP) is 7.08. The molecule has 1 aromatic rings. The van der Waals surface area contributed by atoms with Gasteiger partial charge in [0.2, 0.25) is 0 Å². The third-order valence-electron chi connectivity index (χ3n) is 11.0. The van der Waals surface area contributed by atoms with E-state index in [1.165, 1.54) is 89.2 Å². The van der Waals surface area contributed by atoms with Gasteiger partial charge in [-0.05, 0) is 98.7 Å². The van der Waals surface area contributed by atoms with Gasteiger partial charge in [-0.15, -0.1) is 5.10 Å². The van der Waals surface area contributed by atoms with Crippen LogP contribution in [0.1, 0.15) is 115 Å². The largest absolute Gasteiger partial charge is 0.249 e. The Morgan fingerprint density at radius 2 is 1.70 bits per heavy atom. The van der Waals surface area contributed by atoms with Crippen molar-refractivity contribution in [3.05, 3.63) is 24.0 Å². The van der Waals surface area contributed by atoms with E-state index in [1.54, 1.807) is 0 Å². The molecule has 4 fully saturated rings. The molecule has 1 heterocycles. The Bertz CT molecular complexity index is 805. The molecule has 0 amide bonds. The molecule has 6 rings (SSSR count). The van der Waals surface area contributed by atoms with Gasteiger partial charge in [0.1, 0.15) is 0 Å². The molecule has 0 unspecified atom stereocenters. The highest BCUT2D eigenvalue weighted by Crippen LogP contribution is 2.67. The summed E-state index contributed by atoms with van der Waals surface area (Å²) in [7, 11) is 0. The summed E-state index contributed by atoms with van der Waals surface area (Å²) in [6, 6.07) is 0.574. The fourth-order valence-electron chi connectivity index (χ4n) is 9.27. The van der Waals surface area contributed by atoms with Crippen LogP contribution < -0.4 is 0 Å². The van der Waals surface area contributed by atoms with Gasteiger partial charge in [0.25, 0.3) is 0 Å². The normalized spacial score (nSPS) is 46.3. The third kappa shape index (κ3) is 2.82. The van der Waals surface area contributed by atoms with Gasteiger partial charge in [-0.3, -0.25) is 0 Å². The number of nitrogens with zero attached hydrogens (tertiary/aromatic N) is 3. The maximum Gasteiger partial charge on any atom is 0.0858 e.